The highest BCUT2D eigenvalue weighted by Crippen LogP contribution is 1.99. The van der Waals surface area contributed by atoms with E-state index >= 15 is 0 Å². The van der Waals surface area contributed by atoms with Crippen molar-refractivity contribution in [3.05, 3.63) is 35.9 Å². The van der Waals surface area contributed by atoms with Gasteiger partial charge < -0.3 is 0 Å². The highest BCUT2D eigenvalue weighted by molar-refractivity contribution is 7.81. The topological polar surface area (TPSA) is 23.8 Å². The number of nitrogens with zero attached hydrogens (tertiary/aromatic N) is 1. The van der Waals surface area contributed by atoms with Gasteiger partial charge in [0.2, 0.25) is 0 Å². The molecule has 0 aromatic heterocycles. The smallest absolute Gasteiger partial charge is 0.122 e. The molecule has 0 aliphatic rings. The molecule has 48 valence electrons. The van der Waals surface area contributed by atoms with E-state index in [0.717, 1.165) is 5.56 Å². The first-order valence-electron chi connectivity index (χ1n) is 2.84. The molecule has 0 saturated carbocycles. The summed E-state index contributed by atoms with van der Waals surface area (Å²) in [6, 6.07) is 11.2. The molecule has 0 fully saturated rings. The van der Waals surface area contributed by atoms with Crippen molar-refractivity contribution in [2.75, 3.05) is 0 Å². The molecule has 1 nitrogen and oxygen atoms in total. The fraction of sp³-hybridized carbons (Fsp3) is 0. The monoisotopic (exact) mass is 147 g/mol. The van der Waals surface area contributed by atoms with Gasteiger partial charge in [-0.15, -0.1) is 0 Å². The summed E-state index contributed by atoms with van der Waals surface area (Å²) in [5, 5.41) is 8.40. The Labute approximate surface area is 64.9 Å². The number of thiocarbonyl (C=S) groups is 1. The number of nitriles is 1. The van der Waals surface area contributed by atoms with Crippen LogP contribution in [0, 0.1) is 11.3 Å². The maximum absolute atomic E-state index is 8.40. The third kappa shape index (κ3) is 1.40. The molecule has 0 amide bonds. The molecule has 0 aliphatic carbocycles. The molecule has 1 aromatic rings. The molecule has 10 heavy (non-hydrogen) atoms. The van der Waals surface area contributed by atoms with Gasteiger partial charge >= 0.3 is 0 Å². The van der Waals surface area contributed by atoms with Crippen molar-refractivity contribution >= 4 is 17.1 Å². The van der Waals surface area contributed by atoms with Gasteiger partial charge in [-0.05, 0) is 0 Å². The first-order valence-corrected chi connectivity index (χ1v) is 3.25. The minimum atomic E-state index is 0.348. The summed E-state index contributed by atoms with van der Waals surface area (Å²) in [5.74, 6) is 0. The van der Waals surface area contributed by atoms with Crippen LogP contribution in [0.3, 0.4) is 0 Å². The number of rotatable bonds is 1. The van der Waals surface area contributed by atoms with Crippen LogP contribution in [0.5, 0.6) is 0 Å². The highest BCUT2D eigenvalue weighted by Gasteiger charge is 1.94. The molecule has 1 rings (SSSR count). The van der Waals surface area contributed by atoms with E-state index in [-0.39, 0.29) is 0 Å². The van der Waals surface area contributed by atoms with E-state index in [0.29, 0.717) is 4.86 Å². The van der Waals surface area contributed by atoms with Crippen LogP contribution >= 0.6 is 12.2 Å². The minimum absolute atomic E-state index is 0.348. The summed E-state index contributed by atoms with van der Waals surface area (Å²) in [6.45, 7) is 0. The largest absolute Gasteiger partial charge is 0.191 e. The van der Waals surface area contributed by atoms with Crippen LogP contribution in [0.15, 0.2) is 30.3 Å². The standard InChI is InChI=1S/C8H5NS/c9-6-8(10)7-4-2-1-3-5-7/h1-5H. The van der Waals surface area contributed by atoms with Gasteiger partial charge in [-0.3, -0.25) is 0 Å². The zero-order valence-electron chi connectivity index (χ0n) is 5.24. The number of benzene rings is 1. The Bertz CT molecular complexity index is 271. The van der Waals surface area contributed by atoms with Gasteiger partial charge in [0.25, 0.3) is 0 Å². The summed E-state index contributed by atoms with van der Waals surface area (Å²) in [5.41, 5.74) is 0.819. The Hall–Kier alpha value is -1.20. The summed E-state index contributed by atoms with van der Waals surface area (Å²) in [7, 11) is 0. The lowest BCUT2D eigenvalue weighted by Crippen LogP contribution is -1.90. The Morgan fingerprint density at radius 3 is 2.40 bits per heavy atom. The predicted molar refractivity (Wildman–Crippen MR) is 43.8 cm³/mol. The molecular weight excluding hydrogens is 142 g/mol. The molecule has 1 aromatic carbocycles. The van der Waals surface area contributed by atoms with Crippen molar-refractivity contribution in [2.45, 2.75) is 0 Å². The third-order valence-corrected chi connectivity index (χ3v) is 1.46. The van der Waals surface area contributed by atoms with E-state index in [1.165, 1.54) is 0 Å². The molecule has 0 aliphatic heterocycles. The molecule has 0 heterocycles. The van der Waals surface area contributed by atoms with Crippen LogP contribution < -0.4 is 0 Å². The molecule has 0 N–H and O–H groups in total. The summed E-state index contributed by atoms with van der Waals surface area (Å²) in [6.07, 6.45) is 0. The molecule has 0 unspecified atom stereocenters. The first-order chi connectivity index (χ1) is 4.84. The Morgan fingerprint density at radius 1 is 1.30 bits per heavy atom. The maximum atomic E-state index is 8.40. The second kappa shape index (κ2) is 3.09. The zero-order valence-corrected chi connectivity index (χ0v) is 6.06. The molecular formula is C8H5NS. The van der Waals surface area contributed by atoms with Crippen molar-refractivity contribution in [3.8, 4) is 6.07 Å². The minimum Gasteiger partial charge on any atom is -0.191 e. The van der Waals surface area contributed by atoms with Crippen molar-refractivity contribution in [2.24, 2.45) is 0 Å². The second-order valence-electron chi connectivity index (χ2n) is 1.81. The Balaban J connectivity index is 2.99. The summed E-state index contributed by atoms with van der Waals surface area (Å²) < 4.78 is 0. The molecule has 0 radical (unpaired) electrons. The Morgan fingerprint density at radius 2 is 1.90 bits per heavy atom. The molecule has 2 heteroatoms. The lowest BCUT2D eigenvalue weighted by atomic mass is 10.2. The van der Waals surface area contributed by atoms with Crippen LogP contribution in [0.1, 0.15) is 5.56 Å². The molecule has 0 bridgehead atoms. The second-order valence-corrected chi connectivity index (χ2v) is 2.22. The maximum Gasteiger partial charge on any atom is 0.122 e. The van der Waals surface area contributed by atoms with E-state index in [1.54, 1.807) is 0 Å². The summed E-state index contributed by atoms with van der Waals surface area (Å²) >= 11 is 4.76. The first kappa shape index (κ1) is 6.91. The van der Waals surface area contributed by atoms with Gasteiger partial charge in [-0.2, -0.15) is 5.26 Å². The summed E-state index contributed by atoms with van der Waals surface area (Å²) in [4.78, 5) is 0.348. The van der Waals surface area contributed by atoms with Crippen LogP contribution in [0.4, 0.5) is 0 Å². The average molecular weight is 147 g/mol. The molecule has 0 saturated heterocycles. The van der Waals surface area contributed by atoms with E-state index < -0.39 is 0 Å². The number of hydrogen-bond acceptors (Lipinski definition) is 2. The zero-order chi connectivity index (χ0) is 7.40. The van der Waals surface area contributed by atoms with E-state index in [4.69, 9.17) is 17.5 Å². The van der Waals surface area contributed by atoms with Crippen LogP contribution in [0.2, 0.25) is 0 Å². The van der Waals surface area contributed by atoms with Gasteiger partial charge in [0.05, 0.1) is 0 Å². The Kier molecular flexibility index (Phi) is 2.14. The van der Waals surface area contributed by atoms with Crippen molar-refractivity contribution < 1.29 is 0 Å². The normalized spacial score (nSPS) is 8.30. The quantitative estimate of drug-likeness (QED) is 0.447. The van der Waals surface area contributed by atoms with Gasteiger partial charge in [0.1, 0.15) is 10.9 Å². The fourth-order valence-electron chi connectivity index (χ4n) is 0.654. The van der Waals surface area contributed by atoms with Gasteiger partial charge in [-0.25, -0.2) is 0 Å². The average Bonchev–Trinajstić information content (AvgIpc) is 2.05. The number of hydrogen-bond donors (Lipinski definition) is 0. The van der Waals surface area contributed by atoms with Crippen molar-refractivity contribution in [1.29, 1.82) is 5.26 Å². The van der Waals surface area contributed by atoms with Crippen LogP contribution in [0.25, 0.3) is 0 Å². The van der Waals surface area contributed by atoms with Gasteiger partial charge in [-0.1, -0.05) is 42.5 Å². The molecule has 0 spiro atoms. The lowest BCUT2D eigenvalue weighted by molar-refractivity contribution is 1.55. The molecule has 0 atom stereocenters. The van der Waals surface area contributed by atoms with E-state index in [1.807, 2.05) is 36.4 Å². The fourth-order valence-corrected chi connectivity index (χ4v) is 0.790. The predicted octanol–water partition coefficient (Wildman–Crippen LogP) is 1.93. The van der Waals surface area contributed by atoms with Crippen molar-refractivity contribution in [1.82, 2.24) is 0 Å². The van der Waals surface area contributed by atoms with Gasteiger partial charge in [0.15, 0.2) is 0 Å². The third-order valence-electron chi connectivity index (χ3n) is 1.14. The van der Waals surface area contributed by atoms with E-state index in [9.17, 15) is 0 Å². The SMILES string of the molecule is N#CC(=S)c1ccccc1. The van der Waals surface area contributed by atoms with E-state index in [2.05, 4.69) is 0 Å². The van der Waals surface area contributed by atoms with Crippen LogP contribution in [-0.2, 0) is 0 Å². The van der Waals surface area contributed by atoms with Crippen molar-refractivity contribution in [3.63, 3.8) is 0 Å². The van der Waals surface area contributed by atoms with Crippen LogP contribution in [-0.4, -0.2) is 4.86 Å². The van der Waals surface area contributed by atoms with Gasteiger partial charge in [0, 0.05) is 5.56 Å². The highest BCUT2D eigenvalue weighted by atomic mass is 32.1. The lowest BCUT2D eigenvalue weighted by Gasteiger charge is -1.90.